The molecule has 3 aromatic rings. The summed E-state index contributed by atoms with van der Waals surface area (Å²) in [5, 5.41) is 22.3. The Morgan fingerprint density at radius 1 is 1.00 bits per heavy atom. The molecule has 0 spiro atoms. The van der Waals surface area contributed by atoms with Crippen LogP contribution in [0.15, 0.2) is 66.3 Å². The van der Waals surface area contributed by atoms with E-state index in [1.807, 2.05) is 66.8 Å². The molecule has 1 atom stereocenters. The molecule has 0 bridgehead atoms. The molecule has 0 saturated carbocycles. The Kier molecular flexibility index (Phi) is 4.38. The molecule has 0 aliphatic heterocycles. The summed E-state index contributed by atoms with van der Waals surface area (Å²) in [6.07, 6.45) is 0.651. The van der Waals surface area contributed by atoms with Crippen LogP contribution in [0.25, 0.3) is 27.6 Å². The predicted octanol–water partition coefficient (Wildman–Crippen LogP) is 5.09. The molecule has 0 fully saturated rings. The van der Waals surface area contributed by atoms with Crippen molar-refractivity contribution in [3.05, 3.63) is 77.4 Å². The van der Waals surface area contributed by atoms with Crippen molar-refractivity contribution in [3.63, 3.8) is 0 Å². The highest BCUT2D eigenvalue weighted by atomic mass is 32.2. The molecule has 31 heavy (non-hydrogen) atoms. The second-order valence-corrected chi connectivity index (χ2v) is 8.86. The van der Waals surface area contributed by atoms with Gasteiger partial charge in [0, 0.05) is 0 Å². The minimum Gasteiger partial charge on any atom is -0.358 e. The topological polar surface area (TPSA) is 57.5 Å². The van der Waals surface area contributed by atoms with Crippen LogP contribution < -0.4 is 0 Å². The maximum atomic E-state index is 13.2. The second-order valence-electron chi connectivity index (χ2n) is 7.91. The lowest BCUT2D eigenvalue weighted by atomic mass is 9.78. The lowest BCUT2D eigenvalue weighted by Crippen LogP contribution is -2.48. The summed E-state index contributed by atoms with van der Waals surface area (Å²) < 4.78 is 38.5. The van der Waals surface area contributed by atoms with Crippen LogP contribution in [0.3, 0.4) is 0 Å². The number of benzene rings is 3. The number of alkyl halides is 3. The van der Waals surface area contributed by atoms with E-state index in [2.05, 4.69) is 0 Å². The van der Waals surface area contributed by atoms with Crippen molar-refractivity contribution >= 4 is 44.5 Å². The summed E-state index contributed by atoms with van der Waals surface area (Å²) in [5.74, 6) is -5.11. The summed E-state index contributed by atoms with van der Waals surface area (Å²) in [7, 11) is 0. The normalized spacial score (nSPS) is 20.2. The number of halogens is 3. The molecule has 0 amide bonds. The van der Waals surface area contributed by atoms with Gasteiger partial charge in [-0.3, -0.25) is 4.79 Å². The zero-order chi connectivity index (χ0) is 22.0. The Morgan fingerprint density at radius 3 is 2.52 bits per heavy atom. The highest BCUT2D eigenvalue weighted by Gasteiger charge is 2.55. The van der Waals surface area contributed by atoms with Gasteiger partial charge in [0.15, 0.2) is 0 Å². The van der Waals surface area contributed by atoms with Crippen LogP contribution in [0.2, 0.25) is 0 Å². The van der Waals surface area contributed by atoms with Gasteiger partial charge in [-0.05, 0) is 50.7 Å². The minimum atomic E-state index is -5.24. The van der Waals surface area contributed by atoms with Gasteiger partial charge in [-0.2, -0.15) is 13.2 Å². The van der Waals surface area contributed by atoms with Gasteiger partial charge in [-0.25, -0.2) is 0 Å². The van der Waals surface area contributed by atoms with Gasteiger partial charge in [0.25, 0.3) is 5.79 Å². The molecule has 0 saturated heterocycles. The number of aliphatic hydroxyl groups is 2. The van der Waals surface area contributed by atoms with Crippen molar-refractivity contribution in [2.24, 2.45) is 0 Å². The highest BCUT2D eigenvalue weighted by molar-refractivity contribution is 8.13. The highest BCUT2D eigenvalue weighted by Crippen LogP contribution is 2.53. The Bertz CT molecular complexity index is 1310. The van der Waals surface area contributed by atoms with E-state index in [1.54, 1.807) is 0 Å². The molecule has 3 nitrogen and oxygen atoms in total. The first-order chi connectivity index (χ1) is 14.6. The fourth-order valence-corrected chi connectivity index (χ4v) is 5.59. The van der Waals surface area contributed by atoms with Crippen molar-refractivity contribution in [1.29, 1.82) is 0 Å². The maximum Gasteiger partial charge on any atom is 0.443 e. The van der Waals surface area contributed by atoms with E-state index in [0.29, 0.717) is 23.8 Å². The number of hydrogen-bond acceptors (Lipinski definition) is 4. The SMILES string of the molecule is O=C(SCC(O)(O)C(F)(F)F)C12CC=CC1=Cc1c2ccc2c1ccc1ccccc12. The Hall–Kier alpha value is -2.61. The van der Waals surface area contributed by atoms with E-state index >= 15 is 0 Å². The summed E-state index contributed by atoms with van der Waals surface area (Å²) in [5.41, 5.74) is 1.23. The van der Waals surface area contributed by atoms with Gasteiger partial charge in [0.05, 0.1) is 11.2 Å². The molecule has 0 heterocycles. The van der Waals surface area contributed by atoms with Crippen molar-refractivity contribution < 1.29 is 28.2 Å². The van der Waals surface area contributed by atoms with Gasteiger partial charge in [0.2, 0.25) is 5.12 Å². The lowest BCUT2D eigenvalue weighted by molar-refractivity contribution is -0.336. The largest absolute Gasteiger partial charge is 0.443 e. The molecule has 2 aliphatic carbocycles. The standard InChI is InChI=1S/C24H17F3O3S/c25-24(26,27)23(29,30)13-31-21(28)22-11-3-5-15(22)12-19-18-8-7-14-4-1-2-6-16(14)17(18)9-10-20(19)22/h1-10,12,29-30H,11,13H2. The molecule has 1 unspecified atom stereocenters. The lowest BCUT2D eigenvalue weighted by Gasteiger charge is -2.29. The number of hydrogen-bond donors (Lipinski definition) is 2. The fourth-order valence-electron chi connectivity index (χ4n) is 4.54. The molecular formula is C24H17F3O3S. The molecule has 7 heteroatoms. The summed E-state index contributed by atoms with van der Waals surface area (Å²) in [6, 6.07) is 15.8. The Balaban J connectivity index is 1.59. The third kappa shape index (κ3) is 2.87. The first-order valence-corrected chi connectivity index (χ1v) is 10.7. The first-order valence-electron chi connectivity index (χ1n) is 9.67. The molecule has 158 valence electrons. The van der Waals surface area contributed by atoms with Crippen molar-refractivity contribution in [2.75, 3.05) is 5.75 Å². The zero-order valence-electron chi connectivity index (χ0n) is 16.1. The van der Waals surface area contributed by atoms with Gasteiger partial charge < -0.3 is 10.2 Å². The maximum absolute atomic E-state index is 13.2. The summed E-state index contributed by atoms with van der Waals surface area (Å²) in [6.45, 7) is 0. The number of allylic oxidation sites excluding steroid dienone is 3. The average Bonchev–Trinajstić information content (AvgIpc) is 3.28. The number of rotatable bonds is 3. The van der Waals surface area contributed by atoms with E-state index in [9.17, 15) is 28.2 Å². The van der Waals surface area contributed by atoms with Gasteiger partial charge in [0.1, 0.15) is 0 Å². The number of thioether (sulfide) groups is 1. The van der Waals surface area contributed by atoms with Crippen LogP contribution in [0.5, 0.6) is 0 Å². The van der Waals surface area contributed by atoms with Gasteiger partial charge in [-0.1, -0.05) is 72.4 Å². The van der Waals surface area contributed by atoms with Crippen LogP contribution in [-0.2, 0) is 10.2 Å². The Labute approximate surface area is 179 Å². The number of fused-ring (bicyclic) bond motifs is 7. The van der Waals surface area contributed by atoms with Crippen LogP contribution in [0.1, 0.15) is 17.5 Å². The zero-order valence-corrected chi connectivity index (χ0v) is 16.9. The van der Waals surface area contributed by atoms with E-state index in [4.69, 9.17) is 0 Å². The van der Waals surface area contributed by atoms with E-state index in [1.165, 1.54) is 0 Å². The molecular weight excluding hydrogens is 425 g/mol. The monoisotopic (exact) mass is 442 g/mol. The summed E-state index contributed by atoms with van der Waals surface area (Å²) >= 11 is 0.306. The van der Waals surface area contributed by atoms with Crippen LogP contribution in [-0.4, -0.2) is 33.0 Å². The predicted molar refractivity (Wildman–Crippen MR) is 116 cm³/mol. The quantitative estimate of drug-likeness (QED) is 0.438. The van der Waals surface area contributed by atoms with Gasteiger partial charge >= 0.3 is 6.18 Å². The smallest absolute Gasteiger partial charge is 0.358 e. The summed E-state index contributed by atoms with van der Waals surface area (Å²) in [4.78, 5) is 13.2. The molecule has 3 aromatic carbocycles. The van der Waals surface area contributed by atoms with E-state index in [-0.39, 0.29) is 0 Å². The molecule has 5 rings (SSSR count). The Morgan fingerprint density at radius 2 is 1.74 bits per heavy atom. The molecule has 2 N–H and O–H groups in total. The van der Waals surface area contributed by atoms with Crippen LogP contribution in [0.4, 0.5) is 13.2 Å². The van der Waals surface area contributed by atoms with E-state index in [0.717, 1.165) is 32.7 Å². The van der Waals surface area contributed by atoms with Crippen molar-refractivity contribution in [2.45, 2.75) is 23.8 Å². The van der Waals surface area contributed by atoms with Gasteiger partial charge in [-0.15, -0.1) is 0 Å². The first kappa shape index (κ1) is 20.3. The third-order valence-corrected chi connectivity index (χ3v) is 7.31. The molecule has 2 aliphatic rings. The van der Waals surface area contributed by atoms with Crippen LogP contribution >= 0.6 is 11.8 Å². The second kappa shape index (κ2) is 6.69. The van der Waals surface area contributed by atoms with Crippen molar-refractivity contribution in [3.8, 4) is 0 Å². The number of carbonyl (C=O) groups is 1. The van der Waals surface area contributed by atoms with Crippen LogP contribution in [0, 0.1) is 0 Å². The third-order valence-electron chi connectivity index (χ3n) is 6.15. The van der Waals surface area contributed by atoms with Crippen molar-refractivity contribution in [1.82, 2.24) is 0 Å². The molecule has 0 radical (unpaired) electrons. The molecule has 0 aromatic heterocycles. The fraction of sp³-hybridized carbons (Fsp3) is 0.208. The average molecular weight is 442 g/mol. The number of carbonyl (C=O) groups excluding carboxylic acids is 1. The van der Waals surface area contributed by atoms with E-state index < -0.39 is 28.2 Å². The minimum absolute atomic E-state index is 0.306.